The molecular formula is C27H25N3O3. The summed E-state index contributed by atoms with van der Waals surface area (Å²) in [5, 5.41) is 16.8. The zero-order valence-corrected chi connectivity index (χ0v) is 18.7. The fourth-order valence-electron chi connectivity index (χ4n) is 7.30. The molecule has 0 aromatic heterocycles. The van der Waals surface area contributed by atoms with Gasteiger partial charge in [-0.2, -0.15) is 4.74 Å². The second kappa shape index (κ2) is 5.74. The van der Waals surface area contributed by atoms with Crippen molar-refractivity contribution >= 4 is 28.8 Å². The number of hydrogen-bond acceptors (Lipinski definition) is 3. The van der Waals surface area contributed by atoms with Crippen molar-refractivity contribution in [3.8, 4) is 11.1 Å². The molecule has 2 aromatic rings. The second-order valence-electron chi connectivity index (χ2n) is 10.7. The first-order valence-corrected chi connectivity index (χ1v) is 11.7. The van der Waals surface area contributed by atoms with Gasteiger partial charge in [0.05, 0.1) is 16.6 Å². The molecule has 1 aliphatic carbocycles. The molecule has 2 aromatic carbocycles. The highest BCUT2D eigenvalue weighted by Gasteiger charge is 2.73. The first kappa shape index (κ1) is 19.1. The summed E-state index contributed by atoms with van der Waals surface area (Å²) >= 11 is 0. The number of piperidine rings is 2. The Morgan fingerprint density at radius 3 is 2.67 bits per heavy atom. The van der Waals surface area contributed by atoms with Gasteiger partial charge in [-0.1, -0.05) is 30.3 Å². The van der Waals surface area contributed by atoms with E-state index in [2.05, 4.69) is 19.2 Å². The molecule has 4 saturated heterocycles. The summed E-state index contributed by atoms with van der Waals surface area (Å²) in [4.78, 5) is 29.0. The van der Waals surface area contributed by atoms with Crippen LogP contribution in [-0.4, -0.2) is 44.8 Å². The van der Waals surface area contributed by atoms with E-state index in [-0.39, 0.29) is 17.7 Å². The van der Waals surface area contributed by atoms with E-state index in [1.165, 1.54) is 0 Å². The monoisotopic (exact) mass is 439 g/mol. The Labute approximate surface area is 192 Å². The molecule has 0 radical (unpaired) electrons. The Hall–Kier alpha value is -3.41. The lowest BCUT2D eigenvalue weighted by Crippen LogP contribution is -2.83. The summed E-state index contributed by atoms with van der Waals surface area (Å²) in [6.07, 6.45) is 4.04. The molecular weight excluding hydrogens is 414 g/mol. The van der Waals surface area contributed by atoms with Gasteiger partial charge in [-0.3, -0.25) is 9.59 Å². The van der Waals surface area contributed by atoms with Crippen LogP contribution >= 0.6 is 0 Å². The standard InChI is InChI=1S/C27H25N3O3/c1-25(2)21-15-26-11-6-12-29(26)24(32)27(21,28-23(26)31)14-19-18-13-17(16-7-4-3-5-8-16)9-10-20(18)30(33)22(19)25/h3-5,7-10,13-14,21H,6,11-12,15H2,1-2H3,(H,28,31)/t21?,26-,27-/m0/s1. The largest absolute Gasteiger partial charge is 0.618 e. The van der Waals surface area contributed by atoms with Crippen molar-refractivity contribution in [1.29, 1.82) is 0 Å². The lowest BCUT2D eigenvalue weighted by atomic mass is 9.51. The predicted molar refractivity (Wildman–Crippen MR) is 125 cm³/mol. The molecule has 6 heteroatoms. The molecule has 33 heavy (non-hydrogen) atoms. The maximum atomic E-state index is 13.9. The van der Waals surface area contributed by atoms with E-state index in [0.29, 0.717) is 30.8 Å². The smallest absolute Gasteiger partial charge is 0.253 e. The fraction of sp³-hybridized carbons (Fsp3) is 0.370. The zero-order chi connectivity index (χ0) is 22.8. The Morgan fingerprint density at radius 2 is 1.88 bits per heavy atom. The molecule has 3 atom stereocenters. The highest BCUT2D eigenvalue weighted by molar-refractivity contribution is 6.30. The number of carbonyl (C=O) groups is 2. The summed E-state index contributed by atoms with van der Waals surface area (Å²) in [5.74, 6) is -0.217. The van der Waals surface area contributed by atoms with Crippen LogP contribution in [0.25, 0.3) is 16.7 Å². The minimum atomic E-state index is -1.10. The Morgan fingerprint density at radius 1 is 1.09 bits per heavy atom. The molecule has 2 bridgehead atoms. The van der Waals surface area contributed by atoms with Gasteiger partial charge in [0.15, 0.2) is 0 Å². The number of fused-ring (bicyclic) bond motifs is 4. The number of allylic oxidation sites excluding steroid dienone is 1. The minimum Gasteiger partial charge on any atom is -0.618 e. The molecule has 1 unspecified atom stereocenters. The van der Waals surface area contributed by atoms with E-state index < -0.39 is 16.5 Å². The van der Waals surface area contributed by atoms with E-state index in [0.717, 1.165) is 33.4 Å². The summed E-state index contributed by atoms with van der Waals surface area (Å²) in [6, 6.07) is 15.9. The average Bonchev–Trinajstić information content (AvgIpc) is 3.36. The number of nitrogens with zero attached hydrogens (tertiary/aromatic N) is 2. The normalized spacial score (nSPS) is 32.7. The lowest BCUT2D eigenvalue weighted by Gasteiger charge is -2.62. The highest BCUT2D eigenvalue weighted by Crippen LogP contribution is 2.60. The first-order chi connectivity index (χ1) is 15.8. The second-order valence-corrected chi connectivity index (χ2v) is 10.7. The Kier molecular flexibility index (Phi) is 3.32. The van der Waals surface area contributed by atoms with E-state index in [1.807, 2.05) is 59.5 Å². The maximum absolute atomic E-state index is 13.9. The third-order valence-electron chi connectivity index (χ3n) is 8.85. The molecule has 2 amide bonds. The van der Waals surface area contributed by atoms with E-state index in [4.69, 9.17) is 0 Å². The number of amides is 2. The third-order valence-corrected chi connectivity index (χ3v) is 8.85. The summed E-state index contributed by atoms with van der Waals surface area (Å²) in [7, 11) is 0. The van der Waals surface area contributed by atoms with Crippen molar-refractivity contribution in [1.82, 2.24) is 10.2 Å². The molecule has 4 fully saturated rings. The average molecular weight is 440 g/mol. The van der Waals surface area contributed by atoms with Crippen molar-refractivity contribution in [3.63, 3.8) is 0 Å². The third kappa shape index (κ3) is 2.04. The zero-order valence-electron chi connectivity index (χ0n) is 18.7. The van der Waals surface area contributed by atoms with Crippen LogP contribution in [0, 0.1) is 16.5 Å². The summed E-state index contributed by atoms with van der Waals surface area (Å²) in [6.45, 7) is 4.75. The molecule has 8 rings (SSSR count). The van der Waals surface area contributed by atoms with E-state index in [1.54, 1.807) is 0 Å². The van der Waals surface area contributed by atoms with E-state index >= 15 is 0 Å². The Balaban J connectivity index is 1.47. The van der Waals surface area contributed by atoms with Gasteiger partial charge in [0.25, 0.3) is 5.91 Å². The number of carbonyl (C=O) groups excluding carboxylic acids is 2. The molecule has 6 aliphatic rings. The lowest BCUT2D eigenvalue weighted by molar-refractivity contribution is -0.362. The van der Waals surface area contributed by atoms with Crippen molar-refractivity contribution in [2.75, 3.05) is 6.54 Å². The van der Waals surface area contributed by atoms with E-state index in [9.17, 15) is 14.8 Å². The first-order valence-electron chi connectivity index (χ1n) is 11.7. The van der Waals surface area contributed by atoms with Gasteiger partial charge < -0.3 is 15.4 Å². The number of nitrogens with one attached hydrogen (secondary N) is 1. The van der Waals surface area contributed by atoms with Crippen LogP contribution in [-0.2, 0) is 9.59 Å². The van der Waals surface area contributed by atoms with Gasteiger partial charge >= 0.3 is 0 Å². The van der Waals surface area contributed by atoms with Crippen LogP contribution in [0.5, 0.6) is 0 Å². The molecule has 5 aliphatic heterocycles. The van der Waals surface area contributed by atoms with Crippen molar-refractivity contribution in [2.45, 2.75) is 44.2 Å². The Bertz CT molecular complexity index is 1340. The number of hydrogen-bond donors (Lipinski definition) is 1. The molecule has 2 spiro atoms. The highest BCUT2D eigenvalue weighted by atomic mass is 16.5. The number of piperazine rings is 1. The molecule has 5 heterocycles. The topological polar surface area (TPSA) is 75.5 Å². The van der Waals surface area contributed by atoms with Gasteiger partial charge in [-0.15, -0.1) is 0 Å². The number of rotatable bonds is 1. The number of benzene rings is 2. The van der Waals surface area contributed by atoms with Gasteiger partial charge in [0, 0.05) is 18.5 Å². The van der Waals surface area contributed by atoms with Crippen molar-refractivity contribution in [3.05, 3.63) is 65.4 Å². The maximum Gasteiger partial charge on any atom is 0.253 e. The van der Waals surface area contributed by atoms with Crippen LogP contribution in [0.3, 0.4) is 0 Å². The molecule has 6 nitrogen and oxygen atoms in total. The summed E-state index contributed by atoms with van der Waals surface area (Å²) < 4.78 is 1.06. The van der Waals surface area contributed by atoms with Gasteiger partial charge in [-0.25, -0.2) is 0 Å². The quantitative estimate of drug-likeness (QED) is 0.545. The van der Waals surface area contributed by atoms with Crippen molar-refractivity contribution < 1.29 is 14.3 Å². The van der Waals surface area contributed by atoms with Crippen LogP contribution in [0.15, 0.2) is 54.6 Å². The molecule has 1 N–H and O–H groups in total. The van der Waals surface area contributed by atoms with Crippen LogP contribution in [0.2, 0.25) is 0 Å². The van der Waals surface area contributed by atoms with Crippen LogP contribution in [0.1, 0.15) is 38.7 Å². The van der Waals surface area contributed by atoms with Crippen LogP contribution < -0.4 is 5.32 Å². The van der Waals surface area contributed by atoms with Gasteiger partial charge in [0.1, 0.15) is 11.1 Å². The predicted octanol–water partition coefficient (Wildman–Crippen LogP) is 3.62. The SMILES string of the molecule is CC1(C)C2=[N+]([O-])c3ccc(-c4ccccc4)cc3C2=C[C@@]23NC(=O)[C@]4(CCCN4C2=O)CC13. The van der Waals surface area contributed by atoms with Crippen LogP contribution in [0.4, 0.5) is 5.69 Å². The minimum absolute atomic E-state index is 0.0133. The molecule has 166 valence electrons. The molecule has 0 saturated carbocycles. The summed E-state index contributed by atoms with van der Waals surface area (Å²) in [5.41, 5.74) is 2.56. The van der Waals surface area contributed by atoms with Gasteiger partial charge in [0.2, 0.25) is 17.3 Å². The van der Waals surface area contributed by atoms with Crippen molar-refractivity contribution in [2.24, 2.45) is 11.3 Å². The van der Waals surface area contributed by atoms with Gasteiger partial charge in [-0.05, 0) is 62.4 Å². The fourth-order valence-corrected chi connectivity index (χ4v) is 7.30.